The molecule has 0 unspecified atom stereocenters. The van der Waals surface area contributed by atoms with Crippen LogP contribution in [0.4, 0.5) is 5.69 Å². The third kappa shape index (κ3) is 4.88. The molecule has 0 aliphatic rings. The van der Waals surface area contributed by atoms with E-state index >= 15 is 0 Å². The van der Waals surface area contributed by atoms with Crippen LogP contribution in [0.1, 0.15) is 23.7 Å². The van der Waals surface area contributed by atoms with Crippen LogP contribution < -0.4 is 10.0 Å². The summed E-state index contributed by atoms with van der Waals surface area (Å²) in [4.78, 5) is 11.5. The van der Waals surface area contributed by atoms with Crippen molar-refractivity contribution in [1.82, 2.24) is 9.29 Å². The molecule has 2 aromatic carbocycles. The number of hydrogen-bond acceptors (Lipinski definition) is 3. The third-order valence-electron chi connectivity index (χ3n) is 4.30. The van der Waals surface area contributed by atoms with E-state index in [0.717, 1.165) is 16.8 Å². The van der Waals surface area contributed by atoms with E-state index in [1.165, 1.54) is 6.92 Å². The van der Waals surface area contributed by atoms with Gasteiger partial charge in [-0.05, 0) is 42.3 Å². The van der Waals surface area contributed by atoms with E-state index in [2.05, 4.69) is 10.0 Å². The number of hydrogen-bond donors (Lipinski definition) is 2. The van der Waals surface area contributed by atoms with Gasteiger partial charge in [0.25, 0.3) is 0 Å². The summed E-state index contributed by atoms with van der Waals surface area (Å²) in [6.45, 7) is 3.96. The van der Waals surface area contributed by atoms with E-state index in [4.69, 9.17) is 0 Å². The molecule has 1 amide bonds. The second-order valence-corrected chi connectivity index (χ2v) is 8.35. The van der Waals surface area contributed by atoms with Crippen molar-refractivity contribution in [2.45, 2.75) is 31.8 Å². The fourth-order valence-corrected chi connectivity index (χ4v) is 4.18. The van der Waals surface area contributed by atoms with Crippen molar-refractivity contribution in [1.29, 1.82) is 0 Å². The molecule has 2 N–H and O–H groups in total. The smallest absolute Gasteiger partial charge is 0.242 e. The Balaban J connectivity index is 1.79. The zero-order chi connectivity index (χ0) is 20.1. The summed E-state index contributed by atoms with van der Waals surface area (Å²) in [5.41, 5.74) is 3.04. The number of carbonyl (C=O) groups excluding carboxylic acids is 1. The second-order valence-electron chi connectivity index (χ2n) is 6.62. The van der Waals surface area contributed by atoms with Crippen molar-refractivity contribution in [3.8, 4) is 0 Å². The van der Waals surface area contributed by atoms with Gasteiger partial charge in [0.15, 0.2) is 0 Å². The van der Waals surface area contributed by atoms with Crippen LogP contribution >= 0.6 is 0 Å². The summed E-state index contributed by atoms with van der Waals surface area (Å²) < 4.78 is 30.4. The average Bonchev–Trinajstić information content (AvgIpc) is 3.09. The molecule has 0 atom stereocenters. The summed E-state index contributed by atoms with van der Waals surface area (Å²) in [6.07, 6.45) is 1.92. The van der Waals surface area contributed by atoms with Crippen LogP contribution in [0.5, 0.6) is 0 Å². The van der Waals surface area contributed by atoms with Crippen LogP contribution in [0.3, 0.4) is 0 Å². The molecule has 7 heteroatoms. The van der Waals surface area contributed by atoms with E-state index in [-0.39, 0.29) is 23.0 Å². The van der Waals surface area contributed by atoms with Gasteiger partial charge in [-0.3, -0.25) is 4.79 Å². The minimum Gasteiger partial charge on any atom is -0.346 e. The Morgan fingerprint density at radius 1 is 1.04 bits per heavy atom. The lowest BCUT2D eigenvalue weighted by Gasteiger charge is -2.14. The van der Waals surface area contributed by atoms with Gasteiger partial charge >= 0.3 is 0 Å². The Bertz CT molecular complexity index is 1070. The molecule has 0 fully saturated rings. The van der Waals surface area contributed by atoms with Gasteiger partial charge in [0.05, 0.1) is 12.2 Å². The van der Waals surface area contributed by atoms with E-state index in [1.54, 1.807) is 18.2 Å². The molecule has 3 aromatic rings. The zero-order valence-corrected chi connectivity index (χ0v) is 16.7. The summed E-state index contributed by atoms with van der Waals surface area (Å²) in [6, 6.07) is 18.7. The number of aryl methyl sites for hydroxylation is 1. The summed E-state index contributed by atoms with van der Waals surface area (Å²) >= 11 is 0. The maximum atomic E-state index is 12.9. The maximum absolute atomic E-state index is 12.9. The van der Waals surface area contributed by atoms with Gasteiger partial charge in [-0.15, -0.1) is 0 Å². The van der Waals surface area contributed by atoms with Crippen LogP contribution in [-0.2, 0) is 27.9 Å². The molecule has 0 aliphatic heterocycles. The highest BCUT2D eigenvalue weighted by molar-refractivity contribution is 7.89. The molecule has 1 aromatic heterocycles. The van der Waals surface area contributed by atoms with E-state index in [0.29, 0.717) is 6.54 Å². The topological polar surface area (TPSA) is 80.2 Å². The largest absolute Gasteiger partial charge is 0.346 e. The Labute approximate surface area is 165 Å². The third-order valence-corrected chi connectivity index (χ3v) is 5.74. The Kier molecular flexibility index (Phi) is 5.96. The standard InChI is InChI=1S/C21H23N3O3S/c1-16-10-11-20(23-17(2)25)21(13-16)28(26,27)22-14-19-9-6-12-24(19)15-18-7-4-3-5-8-18/h3-13,22H,14-15H2,1-2H3,(H,23,25). The van der Waals surface area contributed by atoms with Crippen LogP contribution in [0, 0.1) is 6.92 Å². The first-order valence-electron chi connectivity index (χ1n) is 8.91. The molecule has 0 bridgehead atoms. The van der Waals surface area contributed by atoms with Gasteiger partial charge in [0, 0.05) is 25.4 Å². The Hall–Kier alpha value is -2.90. The zero-order valence-electron chi connectivity index (χ0n) is 15.8. The van der Waals surface area contributed by atoms with Crippen LogP contribution in [-0.4, -0.2) is 18.9 Å². The van der Waals surface area contributed by atoms with Crippen molar-refractivity contribution in [3.05, 3.63) is 83.7 Å². The first-order valence-corrected chi connectivity index (χ1v) is 10.4. The highest BCUT2D eigenvalue weighted by Crippen LogP contribution is 2.23. The number of anilines is 1. The quantitative estimate of drug-likeness (QED) is 0.642. The minimum absolute atomic E-state index is 0.0591. The first kappa shape index (κ1) is 19.9. The van der Waals surface area contributed by atoms with E-state index in [9.17, 15) is 13.2 Å². The summed E-state index contributed by atoms with van der Waals surface area (Å²) in [5.74, 6) is -0.322. The molecule has 0 radical (unpaired) electrons. The van der Waals surface area contributed by atoms with Gasteiger partial charge in [-0.1, -0.05) is 36.4 Å². The van der Waals surface area contributed by atoms with Gasteiger partial charge in [0.1, 0.15) is 4.90 Å². The lowest BCUT2D eigenvalue weighted by Crippen LogP contribution is -2.26. The van der Waals surface area contributed by atoms with Crippen molar-refractivity contribution in [3.63, 3.8) is 0 Å². The van der Waals surface area contributed by atoms with E-state index in [1.807, 2.05) is 60.2 Å². The molecule has 0 spiro atoms. The van der Waals surface area contributed by atoms with Gasteiger partial charge in [-0.2, -0.15) is 0 Å². The maximum Gasteiger partial charge on any atom is 0.242 e. The summed E-state index contributed by atoms with van der Waals surface area (Å²) in [7, 11) is -3.80. The molecule has 28 heavy (non-hydrogen) atoms. The molecular formula is C21H23N3O3S. The average molecular weight is 398 g/mol. The highest BCUT2D eigenvalue weighted by Gasteiger charge is 2.20. The number of carbonyl (C=O) groups is 1. The normalized spacial score (nSPS) is 11.4. The first-order chi connectivity index (χ1) is 13.3. The Morgan fingerprint density at radius 3 is 2.50 bits per heavy atom. The molecule has 6 nitrogen and oxygen atoms in total. The minimum atomic E-state index is -3.80. The molecular weight excluding hydrogens is 374 g/mol. The Morgan fingerprint density at radius 2 is 1.79 bits per heavy atom. The number of amides is 1. The van der Waals surface area contributed by atoms with Crippen molar-refractivity contribution >= 4 is 21.6 Å². The molecule has 1 heterocycles. The molecule has 3 rings (SSSR count). The predicted molar refractivity (Wildman–Crippen MR) is 109 cm³/mol. The lowest BCUT2D eigenvalue weighted by molar-refractivity contribution is -0.114. The van der Waals surface area contributed by atoms with E-state index < -0.39 is 10.0 Å². The lowest BCUT2D eigenvalue weighted by atomic mass is 10.2. The number of rotatable bonds is 7. The van der Waals surface area contributed by atoms with Crippen LogP contribution in [0.25, 0.3) is 0 Å². The number of nitrogens with one attached hydrogen (secondary N) is 2. The number of benzene rings is 2. The molecule has 146 valence electrons. The SMILES string of the molecule is CC(=O)Nc1ccc(C)cc1S(=O)(=O)NCc1cccn1Cc1ccccc1. The predicted octanol–water partition coefficient (Wildman–Crippen LogP) is 3.28. The number of sulfonamides is 1. The van der Waals surface area contributed by atoms with Crippen molar-refractivity contribution in [2.24, 2.45) is 0 Å². The number of aromatic nitrogens is 1. The fraction of sp³-hybridized carbons (Fsp3) is 0.190. The monoisotopic (exact) mass is 397 g/mol. The molecule has 0 aliphatic carbocycles. The van der Waals surface area contributed by atoms with Crippen molar-refractivity contribution < 1.29 is 13.2 Å². The van der Waals surface area contributed by atoms with Gasteiger partial charge in [-0.25, -0.2) is 13.1 Å². The number of nitrogens with zero attached hydrogens (tertiary/aromatic N) is 1. The second kappa shape index (κ2) is 8.41. The molecule has 0 saturated heterocycles. The summed E-state index contributed by atoms with van der Waals surface area (Å²) in [5, 5.41) is 2.58. The molecule has 0 saturated carbocycles. The van der Waals surface area contributed by atoms with Crippen molar-refractivity contribution in [2.75, 3.05) is 5.32 Å². The fourth-order valence-electron chi connectivity index (χ4n) is 2.94. The highest BCUT2D eigenvalue weighted by atomic mass is 32.2. The van der Waals surface area contributed by atoms with Gasteiger partial charge < -0.3 is 9.88 Å². The van der Waals surface area contributed by atoms with Gasteiger partial charge in [0.2, 0.25) is 15.9 Å². The van der Waals surface area contributed by atoms with Crippen LogP contribution in [0.2, 0.25) is 0 Å². The van der Waals surface area contributed by atoms with Crippen LogP contribution in [0.15, 0.2) is 71.8 Å².